The molecule has 4 heteroatoms. The summed E-state index contributed by atoms with van der Waals surface area (Å²) in [6.07, 6.45) is 3.70. The Labute approximate surface area is 66.7 Å². The van der Waals surface area contributed by atoms with Crippen LogP contribution in [0.25, 0.3) is 11.2 Å². The highest BCUT2D eigenvalue weighted by molar-refractivity contribution is 7.14. The summed E-state index contributed by atoms with van der Waals surface area (Å²) >= 11 is 0. The highest BCUT2D eigenvalue weighted by atomic mass is 31.0. The smallest absolute Gasteiger partial charge is 0.161 e. The van der Waals surface area contributed by atoms with Crippen molar-refractivity contribution >= 4 is 20.6 Å². The summed E-state index contributed by atoms with van der Waals surface area (Å²) in [6.45, 7) is 1.93. The third-order valence-corrected chi connectivity index (χ3v) is 1.96. The van der Waals surface area contributed by atoms with Gasteiger partial charge in [-0.2, -0.15) is 0 Å². The van der Waals surface area contributed by atoms with Gasteiger partial charge in [-0.15, -0.1) is 0 Å². The van der Waals surface area contributed by atoms with Crippen molar-refractivity contribution in [2.45, 2.75) is 6.92 Å². The van der Waals surface area contributed by atoms with E-state index in [0.717, 1.165) is 16.9 Å². The van der Waals surface area contributed by atoms with Crippen LogP contribution in [0.4, 0.5) is 0 Å². The first-order valence-corrected chi connectivity index (χ1v) is 3.85. The van der Waals surface area contributed by atoms with Crippen molar-refractivity contribution in [3.8, 4) is 0 Å². The molecule has 11 heavy (non-hydrogen) atoms. The molecule has 2 aromatic heterocycles. The maximum absolute atomic E-state index is 4.31. The Morgan fingerprint density at radius 2 is 2.36 bits per heavy atom. The summed E-state index contributed by atoms with van der Waals surface area (Å²) < 4.78 is 1.88. The lowest BCUT2D eigenvalue weighted by atomic mass is 10.5. The van der Waals surface area contributed by atoms with E-state index in [1.54, 1.807) is 6.20 Å². The Morgan fingerprint density at radius 3 is 3.18 bits per heavy atom. The number of fused-ring (bicyclic) bond motifs is 1. The van der Waals surface area contributed by atoms with Crippen molar-refractivity contribution in [2.75, 3.05) is 0 Å². The zero-order valence-corrected chi connectivity index (χ0v) is 7.31. The maximum Gasteiger partial charge on any atom is 0.161 e. The van der Waals surface area contributed by atoms with Crippen LogP contribution < -0.4 is 0 Å². The second kappa shape index (κ2) is 2.28. The Bertz CT molecular complexity index is 393. The molecule has 0 fully saturated rings. The molecule has 0 saturated heterocycles. The molecule has 0 aliphatic rings. The van der Waals surface area contributed by atoms with Gasteiger partial charge in [0.1, 0.15) is 5.52 Å². The summed E-state index contributed by atoms with van der Waals surface area (Å²) in [6, 6.07) is 1.94. The maximum atomic E-state index is 4.31. The lowest BCUT2D eigenvalue weighted by molar-refractivity contribution is 1.15. The molecule has 1 unspecified atom stereocenters. The minimum Gasteiger partial charge on any atom is -0.316 e. The van der Waals surface area contributed by atoms with Crippen molar-refractivity contribution in [1.82, 2.24) is 14.3 Å². The highest BCUT2D eigenvalue weighted by Crippen LogP contribution is 2.12. The molecule has 0 spiro atoms. The number of hydrogen-bond acceptors (Lipinski definition) is 2. The summed E-state index contributed by atoms with van der Waals surface area (Å²) in [4.78, 5) is 8.52. The van der Waals surface area contributed by atoms with Crippen molar-refractivity contribution in [3.05, 3.63) is 24.2 Å². The van der Waals surface area contributed by atoms with Crippen LogP contribution in [-0.4, -0.2) is 14.3 Å². The van der Waals surface area contributed by atoms with Crippen LogP contribution in [0.3, 0.4) is 0 Å². The Morgan fingerprint density at radius 1 is 1.55 bits per heavy atom. The largest absolute Gasteiger partial charge is 0.316 e. The van der Waals surface area contributed by atoms with Gasteiger partial charge in [-0.05, 0) is 22.4 Å². The van der Waals surface area contributed by atoms with E-state index in [-0.39, 0.29) is 0 Å². The topological polar surface area (TPSA) is 30.7 Å². The van der Waals surface area contributed by atoms with Gasteiger partial charge in [0.2, 0.25) is 0 Å². The van der Waals surface area contributed by atoms with Crippen LogP contribution in [0.15, 0.2) is 18.5 Å². The third-order valence-electron chi connectivity index (χ3n) is 1.54. The first-order chi connectivity index (χ1) is 5.27. The van der Waals surface area contributed by atoms with Crippen LogP contribution >= 0.6 is 9.39 Å². The van der Waals surface area contributed by atoms with E-state index in [4.69, 9.17) is 0 Å². The van der Waals surface area contributed by atoms with E-state index >= 15 is 0 Å². The van der Waals surface area contributed by atoms with Crippen LogP contribution in [0, 0.1) is 6.92 Å². The van der Waals surface area contributed by atoms with E-state index in [1.807, 2.05) is 23.5 Å². The second-order valence-corrected chi connectivity index (χ2v) is 3.00. The fraction of sp³-hybridized carbons (Fsp3) is 0.143. The molecule has 0 aliphatic carbocycles. The molecule has 2 heterocycles. The van der Waals surface area contributed by atoms with E-state index in [2.05, 4.69) is 19.4 Å². The first-order valence-electron chi connectivity index (χ1n) is 3.33. The third kappa shape index (κ3) is 1.02. The van der Waals surface area contributed by atoms with E-state index in [0.29, 0.717) is 0 Å². The van der Waals surface area contributed by atoms with Crippen molar-refractivity contribution < 1.29 is 0 Å². The standard InChI is InChI=1S/C7H8N3P/c1-5-4-8-6-2-3-10(11)7(6)9-5/h2-4H,11H2,1H3. The molecule has 0 aromatic carbocycles. The van der Waals surface area contributed by atoms with Gasteiger partial charge < -0.3 is 4.34 Å². The predicted octanol–water partition coefficient (Wildman–Crippen LogP) is 1.38. The zero-order valence-electron chi connectivity index (χ0n) is 6.15. The SMILES string of the molecule is Cc1cnc2ccn(P)c2n1. The summed E-state index contributed by atoms with van der Waals surface area (Å²) in [5.41, 5.74) is 2.79. The fourth-order valence-electron chi connectivity index (χ4n) is 1.00. The average molecular weight is 165 g/mol. The number of nitrogens with zero attached hydrogens (tertiary/aromatic N) is 3. The lowest BCUT2D eigenvalue weighted by Crippen LogP contribution is -1.86. The van der Waals surface area contributed by atoms with Crippen molar-refractivity contribution in [2.24, 2.45) is 0 Å². The normalized spacial score (nSPS) is 10.7. The number of aryl methyl sites for hydroxylation is 1. The molecular weight excluding hydrogens is 157 g/mol. The Hall–Kier alpha value is -0.950. The van der Waals surface area contributed by atoms with Gasteiger partial charge in [0.25, 0.3) is 0 Å². The predicted molar refractivity (Wildman–Crippen MR) is 47.4 cm³/mol. The lowest BCUT2D eigenvalue weighted by Gasteiger charge is -1.94. The van der Waals surface area contributed by atoms with E-state index in [9.17, 15) is 0 Å². The van der Waals surface area contributed by atoms with Gasteiger partial charge in [0, 0.05) is 12.4 Å². The molecule has 2 aromatic rings. The molecule has 0 N–H and O–H groups in total. The zero-order chi connectivity index (χ0) is 7.84. The number of hydrogen-bond donors (Lipinski definition) is 0. The van der Waals surface area contributed by atoms with Crippen molar-refractivity contribution in [1.29, 1.82) is 0 Å². The van der Waals surface area contributed by atoms with Gasteiger partial charge in [0.15, 0.2) is 5.65 Å². The van der Waals surface area contributed by atoms with Gasteiger partial charge in [-0.25, -0.2) is 4.98 Å². The molecule has 0 radical (unpaired) electrons. The van der Waals surface area contributed by atoms with Crippen LogP contribution in [-0.2, 0) is 0 Å². The summed E-state index contributed by atoms with van der Waals surface area (Å²) in [5.74, 6) is 0. The highest BCUT2D eigenvalue weighted by Gasteiger charge is 1.98. The molecular formula is C7H8N3P. The Balaban J connectivity index is 2.87. The minimum absolute atomic E-state index is 0.912. The first kappa shape index (κ1) is 6.74. The van der Waals surface area contributed by atoms with Crippen LogP contribution in [0.5, 0.6) is 0 Å². The minimum atomic E-state index is 0.912. The molecule has 0 amide bonds. The molecule has 0 bridgehead atoms. The van der Waals surface area contributed by atoms with E-state index < -0.39 is 0 Å². The second-order valence-electron chi connectivity index (χ2n) is 2.44. The van der Waals surface area contributed by atoms with Gasteiger partial charge in [-0.1, -0.05) is 0 Å². The quantitative estimate of drug-likeness (QED) is 0.552. The van der Waals surface area contributed by atoms with Crippen molar-refractivity contribution in [3.63, 3.8) is 0 Å². The average Bonchev–Trinajstić information content (AvgIpc) is 2.33. The fourth-order valence-corrected chi connectivity index (χ4v) is 1.28. The summed E-state index contributed by atoms with van der Waals surface area (Å²) in [7, 11) is 2.57. The Kier molecular flexibility index (Phi) is 1.40. The molecule has 0 aliphatic heterocycles. The van der Waals surface area contributed by atoms with E-state index in [1.165, 1.54) is 0 Å². The van der Waals surface area contributed by atoms with Crippen LogP contribution in [0.1, 0.15) is 5.69 Å². The molecule has 3 nitrogen and oxygen atoms in total. The van der Waals surface area contributed by atoms with Crippen LogP contribution in [0.2, 0.25) is 0 Å². The number of rotatable bonds is 0. The molecule has 2 rings (SSSR count). The monoisotopic (exact) mass is 165 g/mol. The molecule has 0 saturated carbocycles. The molecule has 1 atom stereocenters. The summed E-state index contributed by atoms with van der Waals surface area (Å²) in [5, 5.41) is 0. The van der Waals surface area contributed by atoms with Gasteiger partial charge in [-0.3, -0.25) is 4.98 Å². The number of aromatic nitrogens is 3. The van der Waals surface area contributed by atoms with Gasteiger partial charge >= 0.3 is 0 Å². The molecule has 56 valence electrons. The van der Waals surface area contributed by atoms with Gasteiger partial charge in [0.05, 0.1) is 5.69 Å².